The van der Waals surface area contributed by atoms with E-state index in [4.69, 9.17) is 23.7 Å². The van der Waals surface area contributed by atoms with Crippen LogP contribution in [0.4, 0.5) is 0 Å². The minimum Gasteiger partial charge on any atom is -0.463 e. The lowest BCUT2D eigenvalue weighted by molar-refractivity contribution is -0.257. The lowest BCUT2D eigenvalue weighted by Crippen LogP contribution is -2.67. The zero-order valence-corrected chi connectivity index (χ0v) is 21.5. The molecule has 3 rings (SSSR count). The standard InChI is InChI=1S/C25H30N4O9/c1-6-18-7-9-19(10-8-18)11-29-12-21(27-28-29)38-25-22(26-14(2)30)24(36-17(5)33)23(35-16(4)32)20(37-25)13-34-15(3)31/h6-10,12,20,22-25H,1,11,13H2,2-5H3,(H,26,30)/t20-,22-,23-,24-,25+/m1/s1. The van der Waals surface area contributed by atoms with Gasteiger partial charge in [-0.3, -0.25) is 19.2 Å². The molecule has 1 N–H and O–H groups in total. The SMILES string of the molecule is C=Cc1ccc(Cn2cc(O[C@@H]3O[C@H](COC(C)=O)[C@@H](OC(C)=O)[C@H](OC(C)=O)[C@H]3NC(C)=O)nn2)cc1. The Bertz CT molecular complexity index is 1160. The van der Waals surface area contributed by atoms with Gasteiger partial charge in [0.15, 0.2) is 12.2 Å². The van der Waals surface area contributed by atoms with Crippen molar-refractivity contribution >= 4 is 29.9 Å². The van der Waals surface area contributed by atoms with Gasteiger partial charge in [-0.15, -0.1) is 0 Å². The molecule has 1 fully saturated rings. The Kier molecular flexibility index (Phi) is 9.55. The highest BCUT2D eigenvalue weighted by atomic mass is 16.7. The molecule has 0 saturated carbocycles. The number of benzene rings is 1. The van der Waals surface area contributed by atoms with Crippen molar-refractivity contribution in [2.75, 3.05) is 6.61 Å². The van der Waals surface area contributed by atoms with Crippen LogP contribution >= 0.6 is 0 Å². The molecule has 204 valence electrons. The number of esters is 3. The number of aromatic nitrogens is 3. The van der Waals surface area contributed by atoms with Gasteiger partial charge < -0.3 is 29.0 Å². The van der Waals surface area contributed by atoms with E-state index in [1.165, 1.54) is 24.7 Å². The molecular formula is C25H30N4O9. The summed E-state index contributed by atoms with van der Waals surface area (Å²) in [4.78, 5) is 47.3. The van der Waals surface area contributed by atoms with Crippen molar-refractivity contribution in [2.24, 2.45) is 0 Å². The van der Waals surface area contributed by atoms with Crippen LogP contribution in [0, 0.1) is 0 Å². The first-order chi connectivity index (χ1) is 18.0. The molecule has 1 saturated heterocycles. The Labute approximate surface area is 219 Å². The third kappa shape index (κ3) is 7.87. The van der Waals surface area contributed by atoms with Gasteiger partial charge in [0.25, 0.3) is 5.88 Å². The van der Waals surface area contributed by atoms with Gasteiger partial charge >= 0.3 is 17.9 Å². The summed E-state index contributed by atoms with van der Waals surface area (Å²) in [5, 5.41) is 10.7. The van der Waals surface area contributed by atoms with Gasteiger partial charge in [0.2, 0.25) is 12.2 Å². The van der Waals surface area contributed by atoms with Gasteiger partial charge in [-0.1, -0.05) is 47.2 Å². The summed E-state index contributed by atoms with van der Waals surface area (Å²) < 4.78 is 29.3. The van der Waals surface area contributed by atoms with Crippen LogP contribution in [0.5, 0.6) is 5.88 Å². The number of rotatable bonds is 10. The number of hydrogen-bond acceptors (Lipinski definition) is 11. The summed E-state index contributed by atoms with van der Waals surface area (Å²) in [6.07, 6.45) is -1.58. The number of hydrogen-bond donors (Lipinski definition) is 1. The van der Waals surface area contributed by atoms with Crippen LogP contribution in [0.15, 0.2) is 37.0 Å². The topological polar surface area (TPSA) is 157 Å². The van der Waals surface area contributed by atoms with Crippen molar-refractivity contribution in [1.82, 2.24) is 20.3 Å². The molecule has 1 amide bonds. The number of carbonyl (C=O) groups is 4. The molecule has 13 nitrogen and oxygen atoms in total. The second-order valence-electron chi connectivity index (χ2n) is 8.54. The Morgan fingerprint density at radius 2 is 1.68 bits per heavy atom. The smallest absolute Gasteiger partial charge is 0.303 e. The highest BCUT2D eigenvalue weighted by molar-refractivity contribution is 5.73. The Morgan fingerprint density at radius 1 is 1.03 bits per heavy atom. The van der Waals surface area contributed by atoms with E-state index in [1.54, 1.807) is 6.08 Å². The Morgan fingerprint density at radius 3 is 2.26 bits per heavy atom. The highest BCUT2D eigenvalue weighted by Gasteiger charge is 2.52. The molecule has 2 heterocycles. The first-order valence-corrected chi connectivity index (χ1v) is 11.7. The third-order valence-electron chi connectivity index (χ3n) is 5.39. The van der Waals surface area contributed by atoms with Gasteiger partial charge in [0, 0.05) is 27.7 Å². The fourth-order valence-corrected chi connectivity index (χ4v) is 3.87. The van der Waals surface area contributed by atoms with Crippen molar-refractivity contribution in [3.63, 3.8) is 0 Å². The van der Waals surface area contributed by atoms with E-state index >= 15 is 0 Å². The summed E-state index contributed by atoms with van der Waals surface area (Å²) in [6.45, 7) is 8.56. The Balaban J connectivity index is 1.87. The number of nitrogens with zero attached hydrogens (tertiary/aromatic N) is 3. The molecule has 38 heavy (non-hydrogen) atoms. The monoisotopic (exact) mass is 530 g/mol. The number of ether oxygens (including phenoxy) is 5. The van der Waals surface area contributed by atoms with E-state index in [1.807, 2.05) is 24.3 Å². The van der Waals surface area contributed by atoms with Crippen LogP contribution in [-0.4, -0.2) is 76.1 Å². The molecule has 1 aromatic heterocycles. The Hall–Kier alpha value is -4.26. The minimum absolute atomic E-state index is 0.0480. The molecule has 13 heteroatoms. The molecule has 1 aliphatic rings. The molecular weight excluding hydrogens is 500 g/mol. The van der Waals surface area contributed by atoms with E-state index in [-0.39, 0.29) is 12.5 Å². The molecule has 2 aromatic rings. The van der Waals surface area contributed by atoms with E-state index in [0.717, 1.165) is 25.0 Å². The third-order valence-corrected chi connectivity index (χ3v) is 5.39. The van der Waals surface area contributed by atoms with Crippen molar-refractivity contribution in [3.05, 3.63) is 48.2 Å². The molecule has 0 bridgehead atoms. The maximum Gasteiger partial charge on any atom is 0.303 e. The molecule has 5 atom stereocenters. The molecule has 1 aliphatic heterocycles. The minimum atomic E-state index is -1.28. The number of carbonyl (C=O) groups excluding carboxylic acids is 4. The van der Waals surface area contributed by atoms with Crippen LogP contribution in [0.25, 0.3) is 6.08 Å². The van der Waals surface area contributed by atoms with Gasteiger partial charge in [-0.2, -0.15) is 0 Å². The zero-order chi connectivity index (χ0) is 27.8. The molecule has 0 unspecified atom stereocenters. The lowest BCUT2D eigenvalue weighted by Gasteiger charge is -2.44. The fraction of sp³-hybridized carbons (Fsp3) is 0.440. The van der Waals surface area contributed by atoms with Crippen molar-refractivity contribution in [1.29, 1.82) is 0 Å². The fourth-order valence-electron chi connectivity index (χ4n) is 3.87. The molecule has 0 radical (unpaired) electrons. The summed E-state index contributed by atoms with van der Waals surface area (Å²) in [5.74, 6) is -2.45. The summed E-state index contributed by atoms with van der Waals surface area (Å²) in [5.41, 5.74) is 1.94. The maximum absolute atomic E-state index is 12.0. The van der Waals surface area contributed by atoms with Crippen LogP contribution in [0.3, 0.4) is 0 Å². The highest BCUT2D eigenvalue weighted by Crippen LogP contribution is 2.28. The summed E-state index contributed by atoms with van der Waals surface area (Å²) in [7, 11) is 0. The van der Waals surface area contributed by atoms with Crippen molar-refractivity contribution in [2.45, 2.75) is 64.9 Å². The van der Waals surface area contributed by atoms with Crippen LogP contribution in [-0.2, 0) is 44.7 Å². The predicted octanol–water partition coefficient (Wildman–Crippen LogP) is 1.00. The summed E-state index contributed by atoms with van der Waals surface area (Å²) >= 11 is 0. The molecule has 0 spiro atoms. The second-order valence-corrected chi connectivity index (χ2v) is 8.54. The average Bonchev–Trinajstić information content (AvgIpc) is 3.28. The largest absolute Gasteiger partial charge is 0.463 e. The van der Waals surface area contributed by atoms with E-state index in [2.05, 4.69) is 22.2 Å². The van der Waals surface area contributed by atoms with Crippen molar-refractivity contribution < 1.29 is 42.9 Å². The molecule has 0 aliphatic carbocycles. The van der Waals surface area contributed by atoms with Crippen LogP contribution < -0.4 is 10.1 Å². The maximum atomic E-state index is 12.0. The quantitative estimate of drug-likeness (QED) is 0.345. The second kappa shape index (κ2) is 12.8. The van der Waals surface area contributed by atoms with Crippen LogP contribution in [0.2, 0.25) is 0 Å². The van der Waals surface area contributed by atoms with E-state index < -0.39 is 54.5 Å². The summed E-state index contributed by atoms with van der Waals surface area (Å²) in [6, 6.07) is 6.57. The molecule has 1 aromatic carbocycles. The van der Waals surface area contributed by atoms with Gasteiger partial charge in [0.05, 0.1) is 12.7 Å². The van der Waals surface area contributed by atoms with E-state index in [9.17, 15) is 19.2 Å². The van der Waals surface area contributed by atoms with E-state index in [0.29, 0.717) is 6.54 Å². The lowest BCUT2D eigenvalue weighted by atomic mass is 9.96. The average molecular weight is 531 g/mol. The first kappa shape index (κ1) is 28.3. The normalized spacial score (nSPS) is 22.6. The first-order valence-electron chi connectivity index (χ1n) is 11.7. The van der Waals surface area contributed by atoms with Crippen LogP contribution in [0.1, 0.15) is 38.8 Å². The number of amides is 1. The van der Waals surface area contributed by atoms with Crippen molar-refractivity contribution in [3.8, 4) is 5.88 Å². The van der Waals surface area contributed by atoms with Gasteiger partial charge in [0.1, 0.15) is 18.8 Å². The van der Waals surface area contributed by atoms with Gasteiger partial charge in [-0.25, -0.2) is 4.68 Å². The van der Waals surface area contributed by atoms with Gasteiger partial charge in [-0.05, 0) is 11.1 Å². The number of nitrogens with one attached hydrogen (secondary N) is 1. The predicted molar refractivity (Wildman–Crippen MR) is 130 cm³/mol. The zero-order valence-electron chi connectivity index (χ0n) is 21.5.